The van der Waals surface area contributed by atoms with Gasteiger partial charge in [0.25, 0.3) is 0 Å². The summed E-state index contributed by atoms with van der Waals surface area (Å²) in [7, 11) is -0.625. The summed E-state index contributed by atoms with van der Waals surface area (Å²) in [4.78, 5) is 27.2. The Labute approximate surface area is 117 Å². The van der Waals surface area contributed by atoms with E-state index in [2.05, 4.69) is 18.8 Å². The average molecular weight is 284 g/mol. The van der Waals surface area contributed by atoms with Crippen LogP contribution in [0.4, 0.5) is 0 Å². The third-order valence-corrected chi connectivity index (χ3v) is 4.48. The second-order valence-electron chi connectivity index (χ2n) is 4.56. The van der Waals surface area contributed by atoms with Crippen LogP contribution in [0.15, 0.2) is 17.1 Å². The number of carbonyl (C=O) groups is 2. The van der Waals surface area contributed by atoms with Crippen LogP contribution in [-0.4, -0.2) is 22.7 Å². The summed E-state index contributed by atoms with van der Waals surface area (Å²) >= 11 is 0. The lowest BCUT2D eigenvalue weighted by Gasteiger charge is -2.13. The largest absolute Gasteiger partial charge is 0.465 e. The Hall–Kier alpha value is -1.23. The van der Waals surface area contributed by atoms with Crippen molar-refractivity contribution in [3.8, 4) is 0 Å². The summed E-state index contributed by atoms with van der Waals surface area (Å²) in [5, 5.41) is 1.59. The molecule has 1 heterocycles. The molecule has 0 bridgehead atoms. The summed E-state index contributed by atoms with van der Waals surface area (Å²) in [5.41, 5.74) is 1.58. The molecule has 0 fully saturated rings. The molecule has 0 aliphatic carbocycles. The fourth-order valence-electron chi connectivity index (χ4n) is 1.73. The number of nitrogens with zero attached hydrogens (tertiary/aromatic N) is 1. The third-order valence-electron chi connectivity index (χ3n) is 3.04. The van der Waals surface area contributed by atoms with Gasteiger partial charge in [0.1, 0.15) is 0 Å². The van der Waals surface area contributed by atoms with Crippen molar-refractivity contribution in [2.45, 2.75) is 46.0 Å². The van der Waals surface area contributed by atoms with Crippen LogP contribution < -0.4 is 0 Å². The van der Waals surface area contributed by atoms with E-state index < -0.39 is 16.4 Å². The Bertz CT molecular complexity index is 389. The van der Waals surface area contributed by atoms with Crippen LogP contribution in [0.3, 0.4) is 0 Å². The number of rotatable bonds is 9. The van der Waals surface area contributed by atoms with Crippen molar-refractivity contribution in [1.29, 1.82) is 0 Å². The van der Waals surface area contributed by atoms with E-state index in [0.29, 0.717) is 12.5 Å². The van der Waals surface area contributed by atoms with Gasteiger partial charge in [0.2, 0.25) is 5.51 Å². The predicted molar refractivity (Wildman–Crippen MR) is 76.2 cm³/mol. The monoisotopic (exact) mass is 284 g/mol. The lowest BCUT2D eigenvalue weighted by Crippen LogP contribution is -2.15. The molecule has 2 atom stereocenters. The first-order valence-corrected chi connectivity index (χ1v) is 8.12. The minimum absolute atomic E-state index is 0.121. The summed E-state index contributed by atoms with van der Waals surface area (Å²) in [6, 6.07) is 0. The van der Waals surface area contributed by atoms with Crippen molar-refractivity contribution in [3.63, 3.8) is 0 Å². The molecule has 0 saturated carbocycles. The Morgan fingerprint density at radius 2 is 2.16 bits per heavy atom. The van der Waals surface area contributed by atoms with Gasteiger partial charge in [0, 0.05) is 0 Å². The Kier molecular flexibility index (Phi) is 7.33. The van der Waals surface area contributed by atoms with Crippen LogP contribution in [0.1, 0.15) is 50.7 Å². The van der Waals surface area contributed by atoms with Crippen molar-refractivity contribution in [1.82, 2.24) is 4.98 Å². The highest BCUT2D eigenvalue weighted by Crippen LogP contribution is 2.18. The molecule has 0 spiro atoms. The van der Waals surface area contributed by atoms with Crippen molar-refractivity contribution in [3.05, 3.63) is 17.1 Å². The van der Waals surface area contributed by atoms with Gasteiger partial charge in [-0.15, -0.1) is 0 Å². The van der Waals surface area contributed by atoms with E-state index >= 15 is 0 Å². The third kappa shape index (κ3) is 5.96. The van der Waals surface area contributed by atoms with Crippen molar-refractivity contribution in [2.75, 3.05) is 6.61 Å². The molecule has 2 unspecified atom stereocenters. The van der Waals surface area contributed by atoms with Gasteiger partial charge < -0.3 is 4.74 Å². The molecule has 1 rings (SSSR count). The van der Waals surface area contributed by atoms with Gasteiger partial charge in [-0.05, 0) is 12.3 Å². The Morgan fingerprint density at radius 1 is 1.37 bits per heavy atom. The summed E-state index contributed by atoms with van der Waals surface area (Å²) < 4.78 is 5.20. The van der Waals surface area contributed by atoms with E-state index in [1.165, 1.54) is 0 Å². The van der Waals surface area contributed by atoms with E-state index in [1.807, 2.05) is 0 Å². The maximum Gasteiger partial charge on any atom is 0.367 e. The molecule has 106 valence electrons. The Balaban J connectivity index is 2.29. The van der Waals surface area contributed by atoms with Gasteiger partial charge in [-0.25, -0.2) is 9.78 Å². The molecule has 0 aliphatic rings. The SMILES string of the molecule is CCCCC(CC)COC(=O)CC(=O)[s+]1ccnc1. The van der Waals surface area contributed by atoms with Crippen molar-refractivity contribution in [2.24, 2.45) is 5.92 Å². The first-order chi connectivity index (χ1) is 9.17. The van der Waals surface area contributed by atoms with Gasteiger partial charge in [0.15, 0.2) is 11.8 Å². The molecule has 4 nitrogen and oxygen atoms in total. The number of hydrogen-bond acceptors (Lipinski definition) is 4. The molecule has 1 aromatic heterocycles. The maximum atomic E-state index is 11.7. The number of esters is 1. The second kappa shape index (κ2) is 8.80. The van der Waals surface area contributed by atoms with Gasteiger partial charge in [-0.3, -0.25) is 4.79 Å². The fraction of sp³-hybridized carbons (Fsp3) is 0.643. The van der Waals surface area contributed by atoms with Gasteiger partial charge >= 0.3 is 11.1 Å². The van der Waals surface area contributed by atoms with E-state index in [0.717, 1.165) is 25.7 Å². The van der Waals surface area contributed by atoms with Crippen molar-refractivity contribution >= 4 is 21.6 Å². The first kappa shape index (κ1) is 15.8. The molecule has 19 heavy (non-hydrogen) atoms. The molecule has 0 saturated heterocycles. The smallest absolute Gasteiger partial charge is 0.367 e. The molecule has 0 radical (unpaired) electrons. The normalized spacial score (nSPS) is 13.1. The van der Waals surface area contributed by atoms with Gasteiger partial charge in [-0.2, -0.15) is 0 Å². The molecule has 0 N–H and O–H groups in total. The number of carbonyl (C=O) groups excluding carboxylic acids is 2. The number of hydrogen-bond donors (Lipinski definition) is 0. The molecule has 1 aromatic rings. The second-order valence-corrected chi connectivity index (χ2v) is 6.24. The van der Waals surface area contributed by atoms with Crippen LogP contribution in [0.2, 0.25) is 0 Å². The number of unbranched alkanes of at least 4 members (excludes halogenated alkanes) is 1. The Morgan fingerprint density at radius 3 is 2.74 bits per heavy atom. The van der Waals surface area contributed by atoms with Crippen LogP contribution in [0.5, 0.6) is 0 Å². The quantitative estimate of drug-likeness (QED) is 0.395. The predicted octanol–water partition coefficient (Wildman–Crippen LogP) is 3.62. The summed E-state index contributed by atoms with van der Waals surface area (Å²) in [6.07, 6.45) is 5.82. The lowest BCUT2D eigenvalue weighted by molar-refractivity contribution is -0.143. The molecular formula is C14H22NO3S+. The molecular weight excluding hydrogens is 262 g/mol. The highest BCUT2D eigenvalue weighted by molar-refractivity contribution is 7.49. The lowest BCUT2D eigenvalue weighted by atomic mass is 10.0. The zero-order valence-electron chi connectivity index (χ0n) is 11.6. The summed E-state index contributed by atoms with van der Waals surface area (Å²) in [5.74, 6) is -0.00413. The van der Waals surface area contributed by atoms with E-state index in [1.54, 1.807) is 17.1 Å². The minimum Gasteiger partial charge on any atom is -0.465 e. The fourth-order valence-corrected chi connectivity index (χ4v) is 2.76. The molecule has 0 aliphatic heterocycles. The first-order valence-electron chi connectivity index (χ1n) is 6.77. The van der Waals surface area contributed by atoms with E-state index in [4.69, 9.17) is 4.74 Å². The molecule has 0 aromatic carbocycles. The summed E-state index contributed by atoms with van der Waals surface area (Å²) in [6.45, 7) is 4.68. The van der Waals surface area contributed by atoms with Gasteiger partial charge in [-0.1, -0.05) is 33.1 Å². The van der Waals surface area contributed by atoms with E-state index in [9.17, 15) is 9.59 Å². The van der Waals surface area contributed by atoms with Crippen molar-refractivity contribution < 1.29 is 14.3 Å². The minimum atomic E-state index is -0.625. The standard InChI is InChI=1S/C14H22NO3S/c1-3-5-6-12(4-2)10-18-13(16)9-14(17)19-8-7-15-11-19/h7-8,11-12H,3-6,9-10H2,1-2H3/q+1. The van der Waals surface area contributed by atoms with Crippen LogP contribution >= 0.6 is 10.5 Å². The van der Waals surface area contributed by atoms with Crippen LogP contribution in [-0.2, 0) is 9.53 Å². The zero-order chi connectivity index (χ0) is 14.1. The van der Waals surface area contributed by atoms with E-state index in [-0.39, 0.29) is 11.5 Å². The molecule has 0 amide bonds. The maximum absolute atomic E-state index is 11.7. The topological polar surface area (TPSA) is 56.3 Å². The number of aromatic nitrogens is 1. The number of thiazole rings is 1. The highest BCUT2D eigenvalue weighted by atomic mass is 32.2. The highest BCUT2D eigenvalue weighted by Gasteiger charge is 2.22. The van der Waals surface area contributed by atoms with Gasteiger partial charge in [0.05, 0.1) is 23.3 Å². The molecule has 5 heteroatoms. The zero-order valence-corrected chi connectivity index (χ0v) is 12.4. The number of ether oxygens (including phenoxy) is 1. The average Bonchev–Trinajstić information content (AvgIpc) is 2.93. The van der Waals surface area contributed by atoms with Crippen LogP contribution in [0, 0.1) is 5.92 Å². The van der Waals surface area contributed by atoms with Crippen LogP contribution in [0.25, 0.3) is 0 Å².